The Bertz CT molecular complexity index is 1960. The van der Waals surface area contributed by atoms with E-state index in [2.05, 4.69) is 68.6 Å². The number of aromatic amines is 2. The van der Waals surface area contributed by atoms with Crippen molar-refractivity contribution >= 4 is 44.6 Å². The van der Waals surface area contributed by atoms with E-state index in [1.54, 1.807) is 17.6 Å². The van der Waals surface area contributed by atoms with E-state index in [-0.39, 0.29) is 0 Å². The number of nitrogens with one attached hydrogen (secondary N) is 4. The molecule has 256 valence electrons. The Morgan fingerprint density at radius 1 is 0.700 bits per heavy atom. The number of hydrogen-bond donors (Lipinski definition) is 4. The van der Waals surface area contributed by atoms with E-state index in [0.29, 0.717) is 41.9 Å². The molecule has 2 unspecified atom stereocenters. The Hall–Kier alpha value is -4.24. The van der Waals surface area contributed by atoms with Crippen LogP contribution >= 0.6 is 11.3 Å². The van der Waals surface area contributed by atoms with Crippen LogP contribution in [0.1, 0.15) is 70.4 Å². The van der Waals surface area contributed by atoms with Crippen molar-refractivity contribution in [3.8, 4) is 0 Å². The van der Waals surface area contributed by atoms with Crippen LogP contribution in [0.15, 0.2) is 89.1 Å². The maximum absolute atomic E-state index is 8.37. The number of fused-ring (bicyclic) bond motifs is 8. The molecule has 4 bridgehead atoms. The molecular formula is C42H46N6OS. The van der Waals surface area contributed by atoms with Crippen LogP contribution in [0.4, 0.5) is 0 Å². The van der Waals surface area contributed by atoms with Crippen molar-refractivity contribution in [1.29, 1.82) is 10.8 Å². The summed E-state index contributed by atoms with van der Waals surface area (Å²) in [5.41, 5.74) is 9.07. The molecule has 6 fully saturated rings. The molecule has 0 amide bonds. The number of aromatic nitrogens is 2. The molecule has 2 aromatic carbocycles. The number of nitrogens with zero attached hydrogens (tertiary/aromatic N) is 2. The van der Waals surface area contributed by atoms with Gasteiger partial charge < -0.3 is 35.0 Å². The third kappa shape index (κ3) is 6.18. The number of piperidine rings is 6. The number of H-pyrrole nitrogens is 2. The summed E-state index contributed by atoms with van der Waals surface area (Å²) in [6.07, 6.45) is 12.8. The van der Waals surface area contributed by atoms with Gasteiger partial charge in [0.05, 0.1) is 17.7 Å². The lowest BCUT2D eigenvalue weighted by Gasteiger charge is -2.44. The SMILES string of the molecule is N=C(Cc1ccc2[nH]cc(C3CN4CCC3CC4)c2c1)c1ccco1.N=C(Cc1ccc2[nH]cc(C3CN4CCC3CC4)c2c1)c1cccs1. The smallest absolute Gasteiger partial charge is 0.147 e. The first-order valence-electron chi connectivity index (χ1n) is 18.4. The number of thiophene rings is 1. The molecule has 6 saturated heterocycles. The van der Waals surface area contributed by atoms with E-state index < -0.39 is 0 Å². The maximum atomic E-state index is 8.37. The average molecular weight is 683 g/mol. The summed E-state index contributed by atoms with van der Waals surface area (Å²) >= 11 is 1.65. The molecule has 4 aromatic heterocycles. The van der Waals surface area contributed by atoms with Crippen molar-refractivity contribution in [2.75, 3.05) is 39.3 Å². The summed E-state index contributed by atoms with van der Waals surface area (Å²) in [4.78, 5) is 13.3. The molecule has 0 saturated carbocycles. The molecule has 0 aliphatic carbocycles. The monoisotopic (exact) mass is 682 g/mol. The lowest BCUT2D eigenvalue weighted by atomic mass is 9.75. The van der Waals surface area contributed by atoms with Gasteiger partial charge in [-0.1, -0.05) is 18.2 Å². The van der Waals surface area contributed by atoms with Crippen LogP contribution in [0.5, 0.6) is 0 Å². The Labute approximate surface area is 297 Å². The Kier molecular flexibility index (Phi) is 8.55. The van der Waals surface area contributed by atoms with E-state index in [1.165, 1.54) is 109 Å². The zero-order valence-corrected chi connectivity index (χ0v) is 29.4. The molecule has 0 spiro atoms. The van der Waals surface area contributed by atoms with Gasteiger partial charge in [0.1, 0.15) is 5.76 Å². The number of benzene rings is 2. The molecule has 10 heterocycles. The molecular weight excluding hydrogens is 637 g/mol. The van der Waals surface area contributed by atoms with Crippen molar-refractivity contribution in [1.82, 2.24) is 19.8 Å². The van der Waals surface area contributed by atoms with Gasteiger partial charge in [-0.25, -0.2) is 0 Å². The summed E-state index contributed by atoms with van der Waals surface area (Å²) in [6.45, 7) is 7.53. The summed E-state index contributed by atoms with van der Waals surface area (Å²) < 4.78 is 5.36. The highest BCUT2D eigenvalue weighted by Crippen LogP contribution is 2.43. The van der Waals surface area contributed by atoms with E-state index in [1.807, 2.05) is 29.6 Å². The van der Waals surface area contributed by atoms with E-state index in [0.717, 1.165) is 16.7 Å². The first-order chi connectivity index (χ1) is 24.6. The Morgan fingerprint density at radius 2 is 1.26 bits per heavy atom. The van der Waals surface area contributed by atoms with Crippen LogP contribution in [-0.2, 0) is 12.8 Å². The molecule has 50 heavy (non-hydrogen) atoms. The zero-order valence-electron chi connectivity index (χ0n) is 28.6. The average Bonchev–Trinajstić information content (AvgIpc) is 4.00. The van der Waals surface area contributed by atoms with Crippen molar-refractivity contribution in [3.05, 3.63) is 118 Å². The highest BCUT2D eigenvalue weighted by atomic mass is 32.1. The van der Waals surface area contributed by atoms with Gasteiger partial charge in [0.15, 0.2) is 0 Å². The van der Waals surface area contributed by atoms with E-state index in [9.17, 15) is 0 Å². The summed E-state index contributed by atoms with van der Waals surface area (Å²) in [5, 5.41) is 21.4. The van der Waals surface area contributed by atoms with Gasteiger partial charge in [0, 0.05) is 76.8 Å². The number of hydrogen-bond acceptors (Lipinski definition) is 6. The first-order valence-corrected chi connectivity index (χ1v) is 19.3. The highest BCUT2D eigenvalue weighted by Gasteiger charge is 2.37. The molecule has 6 aliphatic heterocycles. The first kappa shape index (κ1) is 31.7. The summed E-state index contributed by atoms with van der Waals surface area (Å²) in [5.74, 6) is 3.65. The lowest BCUT2D eigenvalue weighted by Crippen LogP contribution is -2.46. The minimum atomic E-state index is 0.532. The molecule has 7 nitrogen and oxygen atoms in total. The highest BCUT2D eigenvalue weighted by molar-refractivity contribution is 7.12. The number of furan rings is 1. The minimum absolute atomic E-state index is 0.532. The predicted octanol–water partition coefficient (Wildman–Crippen LogP) is 8.83. The summed E-state index contributed by atoms with van der Waals surface area (Å²) in [6, 6.07) is 21.0. The molecule has 6 aliphatic rings. The second-order valence-electron chi connectivity index (χ2n) is 15.0. The standard InChI is InChI=1S/C21H23N3O.C21H23N3S/c2*22-19(21-2-1-9-25-21)11-14-3-4-20-16(10-14)17(12-23-20)18-13-24-7-5-15(18)6-8-24/h2*1-4,9-10,12,15,18,22-23H,5-8,11,13H2. The van der Waals surface area contributed by atoms with Gasteiger partial charge in [-0.3, -0.25) is 0 Å². The van der Waals surface area contributed by atoms with Crippen molar-refractivity contribution in [2.24, 2.45) is 11.8 Å². The van der Waals surface area contributed by atoms with Crippen LogP contribution in [0.25, 0.3) is 21.8 Å². The van der Waals surface area contributed by atoms with Crippen LogP contribution in [0.3, 0.4) is 0 Å². The molecule has 2 atom stereocenters. The molecule has 6 aromatic rings. The maximum Gasteiger partial charge on any atom is 0.147 e. The van der Waals surface area contributed by atoms with Crippen LogP contribution in [0.2, 0.25) is 0 Å². The van der Waals surface area contributed by atoms with Crippen LogP contribution < -0.4 is 0 Å². The fraction of sp³-hybridized carbons (Fsp3) is 0.381. The van der Waals surface area contributed by atoms with Gasteiger partial charge in [-0.05, 0) is 134 Å². The van der Waals surface area contributed by atoms with E-state index in [4.69, 9.17) is 15.2 Å². The van der Waals surface area contributed by atoms with Gasteiger partial charge in [0.2, 0.25) is 0 Å². The molecule has 8 heteroatoms. The topological polar surface area (TPSA) is 98.9 Å². The van der Waals surface area contributed by atoms with Crippen molar-refractivity contribution in [3.63, 3.8) is 0 Å². The van der Waals surface area contributed by atoms with Crippen LogP contribution in [-0.4, -0.2) is 70.5 Å². The largest absolute Gasteiger partial charge is 0.463 e. The van der Waals surface area contributed by atoms with Gasteiger partial charge >= 0.3 is 0 Å². The van der Waals surface area contributed by atoms with Gasteiger partial charge in [0.25, 0.3) is 0 Å². The Morgan fingerprint density at radius 3 is 1.72 bits per heavy atom. The Balaban J connectivity index is 0.000000135. The fourth-order valence-electron chi connectivity index (χ4n) is 9.33. The third-order valence-corrected chi connectivity index (χ3v) is 13.0. The lowest BCUT2D eigenvalue weighted by molar-refractivity contribution is 0.0876. The minimum Gasteiger partial charge on any atom is -0.463 e. The van der Waals surface area contributed by atoms with Crippen LogP contribution in [0, 0.1) is 22.7 Å². The van der Waals surface area contributed by atoms with Gasteiger partial charge in [-0.15, -0.1) is 11.3 Å². The fourth-order valence-corrected chi connectivity index (χ4v) is 10.0. The number of rotatable bonds is 8. The molecule has 12 rings (SSSR count). The molecule has 0 radical (unpaired) electrons. The quantitative estimate of drug-likeness (QED) is 0.121. The molecule has 4 N–H and O–H groups in total. The zero-order chi connectivity index (χ0) is 33.6. The third-order valence-electron chi connectivity index (χ3n) is 12.1. The predicted molar refractivity (Wildman–Crippen MR) is 204 cm³/mol. The van der Waals surface area contributed by atoms with Crippen molar-refractivity contribution < 1.29 is 4.42 Å². The second-order valence-corrected chi connectivity index (χ2v) is 15.9. The second kappa shape index (κ2) is 13.5. The van der Waals surface area contributed by atoms with Gasteiger partial charge in [-0.2, -0.15) is 0 Å². The van der Waals surface area contributed by atoms with E-state index >= 15 is 0 Å². The normalized spacial score (nSPS) is 25.5. The van der Waals surface area contributed by atoms with Crippen molar-refractivity contribution in [2.45, 2.75) is 50.4 Å². The summed E-state index contributed by atoms with van der Waals surface area (Å²) in [7, 11) is 0.